The normalized spacial score (nSPS) is 22.6. The summed E-state index contributed by atoms with van der Waals surface area (Å²) in [5, 5.41) is 15.7. The van der Waals surface area contributed by atoms with Crippen molar-refractivity contribution >= 4 is 23.0 Å². The second-order valence-corrected chi connectivity index (χ2v) is 7.11. The van der Waals surface area contributed by atoms with Gasteiger partial charge in [0.15, 0.2) is 5.75 Å². The molecule has 27 heavy (non-hydrogen) atoms. The Morgan fingerprint density at radius 3 is 2.63 bits per heavy atom. The number of halogens is 1. The van der Waals surface area contributed by atoms with Gasteiger partial charge >= 0.3 is 5.69 Å². The summed E-state index contributed by atoms with van der Waals surface area (Å²) in [4.78, 5) is 11.0. The summed E-state index contributed by atoms with van der Waals surface area (Å²) in [5.41, 5.74) is 2.67. The number of anilines is 1. The van der Waals surface area contributed by atoms with E-state index in [2.05, 4.69) is 17.5 Å². The highest BCUT2D eigenvalue weighted by Gasteiger charge is 2.40. The third kappa shape index (κ3) is 2.80. The molecule has 1 aliphatic heterocycles. The highest BCUT2D eigenvalue weighted by molar-refractivity contribution is 6.32. The molecule has 2 aromatic rings. The quantitative estimate of drug-likeness (QED) is 0.450. The fraction of sp³-hybridized carbons (Fsp3) is 0.300. The van der Waals surface area contributed by atoms with Crippen molar-refractivity contribution in [2.75, 3.05) is 19.5 Å². The molecule has 0 bridgehead atoms. The van der Waals surface area contributed by atoms with Gasteiger partial charge in [0.05, 0.1) is 30.9 Å². The molecule has 0 aromatic heterocycles. The van der Waals surface area contributed by atoms with E-state index in [9.17, 15) is 10.1 Å². The van der Waals surface area contributed by atoms with Gasteiger partial charge < -0.3 is 14.8 Å². The van der Waals surface area contributed by atoms with Crippen molar-refractivity contribution in [1.82, 2.24) is 0 Å². The number of nitro groups is 1. The summed E-state index contributed by atoms with van der Waals surface area (Å²) < 4.78 is 10.7. The minimum absolute atomic E-state index is 0.0387. The molecule has 4 rings (SSSR count). The minimum Gasteiger partial charge on any atom is -0.495 e. The van der Waals surface area contributed by atoms with Gasteiger partial charge in [0.25, 0.3) is 0 Å². The van der Waals surface area contributed by atoms with Gasteiger partial charge in [-0.25, -0.2) is 0 Å². The fourth-order valence-corrected chi connectivity index (χ4v) is 4.46. The first-order valence-electron chi connectivity index (χ1n) is 8.67. The van der Waals surface area contributed by atoms with E-state index in [1.54, 1.807) is 19.2 Å². The maximum absolute atomic E-state index is 11.4. The standard InChI is InChI=1S/C20H19ClN2O4/c1-26-16-8-6-11(10-15(16)23(24)25)19-13-5-3-4-12(13)18-14(21)7-9-17(27-2)20(18)22-19/h3-4,6-10,12-13,19,22H,5H2,1-2H3/t12-,13+,19+/m1/s1. The molecule has 2 aliphatic rings. The van der Waals surface area contributed by atoms with Crippen LogP contribution in [-0.2, 0) is 0 Å². The van der Waals surface area contributed by atoms with Gasteiger partial charge in [-0.1, -0.05) is 29.8 Å². The number of nitrogens with zero attached hydrogens (tertiary/aromatic N) is 1. The van der Waals surface area contributed by atoms with Crippen LogP contribution in [0.2, 0.25) is 5.02 Å². The van der Waals surface area contributed by atoms with Crippen LogP contribution in [0.5, 0.6) is 11.5 Å². The number of methoxy groups -OCH3 is 2. The van der Waals surface area contributed by atoms with Crippen LogP contribution in [0, 0.1) is 16.0 Å². The number of rotatable bonds is 4. The van der Waals surface area contributed by atoms with Crippen LogP contribution in [0.4, 0.5) is 11.4 Å². The highest BCUT2D eigenvalue weighted by atomic mass is 35.5. The molecule has 0 saturated carbocycles. The number of allylic oxidation sites excluding steroid dienone is 2. The average molecular weight is 387 g/mol. The number of benzene rings is 2. The Morgan fingerprint density at radius 2 is 1.93 bits per heavy atom. The summed E-state index contributed by atoms with van der Waals surface area (Å²) in [6.07, 6.45) is 5.18. The smallest absolute Gasteiger partial charge is 0.311 e. The van der Waals surface area contributed by atoms with Gasteiger partial charge in [0.1, 0.15) is 5.75 Å². The lowest BCUT2D eigenvalue weighted by Gasteiger charge is -2.38. The molecular formula is C20H19ClN2O4. The zero-order chi connectivity index (χ0) is 19.1. The number of ether oxygens (including phenoxy) is 2. The van der Waals surface area contributed by atoms with Gasteiger partial charge in [0, 0.05) is 22.6 Å². The molecule has 1 aliphatic carbocycles. The van der Waals surface area contributed by atoms with Crippen LogP contribution >= 0.6 is 11.6 Å². The van der Waals surface area contributed by atoms with Crippen LogP contribution in [-0.4, -0.2) is 19.1 Å². The summed E-state index contributed by atoms with van der Waals surface area (Å²) in [6, 6.07) is 8.70. The lowest BCUT2D eigenvalue weighted by molar-refractivity contribution is -0.385. The first-order valence-corrected chi connectivity index (χ1v) is 9.05. The largest absolute Gasteiger partial charge is 0.495 e. The van der Waals surface area contributed by atoms with E-state index in [1.807, 2.05) is 18.2 Å². The van der Waals surface area contributed by atoms with Crippen LogP contribution < -0.4 is 14.8 Å². The molecule has 1 N–H and O–H groups in total. The molecular weight excluding hydrogens is 368 g/mol. The third-order valence-corrected chi connectivity index (χ3v) is 5.74. The summed E-state index contributed by atoms with van der Waals surface area (Å²) in [6.45, 7) is 0. The summed E-state index contributed by atoms with van der Waals surface area (Å²) >= 11 is 6.50. The Hall–Kier alpha value is -2.73. The van der Waals surface area contributed by atoms with Crippen molar-refractivity contribution in [3.05, 3.63) is 68.7 Å². The average Bonchev–Trinajstić information content (AvgIpc) is 3.16. The summed E-state index contributed by atoms with van der Waals surface area (Å²) in [7, 11) is 3.05. The molecule has 3 atom stereocenters. The topological polar surface area (TPSA) is 73.6 Å². The Morgan fingerprint density at radius 1 is 1.19 bits per heavy atom. The van der Waals surface area contributed by atoms with E-state index < -0.39 is 4.92 Å². The molecule has 0 fully saturated rings. The lowest BCUT2D eigenvalue weighted by atomic mass is 9.76. The Bertz CT molecular complexity index is 944. The minimum atomic E-state index is -0.416. The Balaban J connectivity index is 1.83. The predicted octanol–water partition coefficient (Wildman–Crippen LogP) is 5.09. The zero-order valence-corrected chi connectivity index (χ0v) is 15.7. The number of nitro benzene ring substituents is 1. The van der Waals surface area contributed by atoms with Gasteiger partial charge in [-0.2, -0.15) is 0 Å². The Kier molecular flexibility index (Phi) is 4.44. The second kappa shape index (κ2) is 6.78. The van der Waals surface area contributed by atoms with Crippen LogP contribution in [0.15, 0.2) is 42.5 Å². The van der Waals surface area contributed by atoms with E-state index in [4.69, 9.17) is 21.1 Å². The van der Waals surface area contributed by atoms with Gasteiger partial charge in [-0.15, -0.1) is 0 Å². The zero-order valence-electron chi connectivity index (χ0n) is 14.9. The van der Waals surface area contributed by atoms with Crippen molar-refractivity contribution in [3.63, 3.8) is 0 Å². The van der Waals surface area contributed by atoms with Gasteiger partial charge in [0.2, 0.25) is 0 Å². The number of hydrogen-bond acceptors (Lipinski definition) is 5. The molecule has 6 nitrogen and oxygen atoms in total. The SMILES string of the molecule is COc1ccc([C@@H]2Nc3c(OC)ccc(Cl)c3[C@@H]3C=CC[C@@H]32)cc1[N+](=O)[O-]. The number of fused-ring (bicyclic) bond motifs is 3. The van der Waals surface area contributed by atoms with E-state index in [0.717, 1.165) is 23.2 Å². The monoisotopic (exact) mass is 386 g/mol. The van der Waals surface area contributed by atoms with Gasteiger partial charge in [-0.3, -0.25) is 10.1 Å². The third-order valence-electron chi connectivity index (χ3n) is 5.41. The van der Waals surface area contributed by atoms with E-state index in [-0.39, 0.29) is 29.3 Å². The van der Waals surface area contributed by atoms with Crippen LogP contribution in [0.3, 0.4) is 0 Å². The van der Waals surface area contributed by atoms with E-state index >= 15 is 0 Å². The van der Waals surface area contributed by atoms with Crippen molar-refractivity contribution in [2.24, 2.45) is 5.92 Å². The van der Waals surface area contributed by atoms with Crippen LogP contribution in [0.25, 0.3) is 0 Å². The van der Waals surface area contributed by atoms with E-state index in [1.165, 1.54) is 7.11 Å². The second-order valence-electron chi connectivity index (χ2n) is 6.70. The number of nitrogens with one attached hydrogen (secondary N) is 1. The highest BCUT2D eigenvalue weighted by Crippen LogP contribution is 2.54. The molecule has 140 valence electrons. The maximum atomic E-state index is 11.4. The lowest BCUT2D eigenvalue weighted by Crippen LogP contribution is -2.29. The number of hydrogen-bond donors (Lipinski definition) is 1. The van der Waals surface area contributed by atoms with Crippen LogP contribution in [0.1, 0.15) is 29.5 Å². The molecule has 0 spiro atoms. The molecule has 0 saturated heterocycles. The first-order chi connectivity index (χ1) is 13.0. The van der Waals surface area contributed by atoms with Crippen molar-refractivity contribution < 1.29 is 14.4 Å². The summed E-state index contributed by atoms with van der Waals surface area (Å²) in [5.74, 6) is 1.31. The van der Waals surface area contributed by atoms with Crippen molar-refractivity contribution in [2.45, 2.75) is 18.4 Å². The fourth-order valence-electron chi connectivity index (χ4n) is 4.18. The van der Waals surface area contributed by atoms with Crippen molar-refractivity contribution in [1.29, 1.82) is 0 Å². The molecule has 7 heteroatoms. The molecule has 0 radical (unpaired) electrons. The molecule has 2 aromatic carbocycles. The van der Waals surface area contributed by atoms with Crippen molar-refractivity contribution in [3.8, 4) is 11.5 Å². The Labute approximate surface area is 161 Å². The molecule has 1 heterocycles. The van der Waals surface area contributed by atoms with Gasteiger partial charge in [-0.05, 0) is 36.1 Å². The first kappa shape index (κ1) is 17.7. The van der Waals surface area contributed by atoms with E-state index in [0.29, 0.717) is 10.8 Å². The molecule has 0 amide bonds. The molecule has 0 unspecified atom stereocenters. The maximum Gasteiger partial charge on any atom is 0.311 e. The predicted molar refractivity (Wildman–Crippen MR) is 104 cm³/mol.